The lowest BCUT2D eigenvalue weighted by Gasteiger charge is -2.04. The molecule has 2 N–H and O–H groups in total. The fourth-order valence-corrected chi connectivity index (χ4v) is 1.98. The van der Waals surface area contributed by atoms with Crippen molar-refractivity contribution in [3.8, 4) is 0 Å². The van der Waals surface area contributed by atoms with Gasteiger partial charge in [0.25, 0.3) is 0 Å². The maximum absolute atomic E-state index is 13.4. The number of aromatic carboxylic acids is 1. The van der Waals surface area contributed by atoms with Crippen molar-refractivity contribution >= 4 is 5.97 Å². The highest BCUT2D eigenvalue weighted by atomic mass is 19.1. The summed E-state index contributed by atoms with van der Waals surface area (Å²) in [4.78, 5) is 10.8. The van der Waals surface area contributed by atoms with Crippen LogP contribution in [0.4, 0.5) is 4.39 Å². The van der Waals surface area contributed by atoms with Gasteiger partial charge in [-0.15, -0.1) is 0 Å². The van der Waals surface area contributed by atoms with Crippen LogP contribution in [0.15, 0.2) is 34.7 Å². The van der Waals surface area contributed by atoms with E-state index in [0.29, 0.717) is 36.4 Å². The van der Waals surface area contributed by atoms with E-state index in [1.54, 1.807) is 31.2 Å². The van der Waals surface area contributed by atoms with Crippen LogP contribution >= 0.6 is 0 Å². The van der Waals surface area contributed by atoms with E-state index in [1.807, 2.05) is 0 Å². The van der Waals surface area contributed by atoms with Crippen molar-refractivity contribution in [1.82, 2.24) is 5.32 Å². The van der Waals surface area contributed by atoms with Crippen LogP contribution in [-0.4, -0.2) is 17.6 Å². The Balaban J connectivity index is 1.83. The summed E-state index contributed by atoms with van der Waals surface area (Å²) in [6.45, 7) is 2.70. The fraction of sp³-hybridized carbons (Fsp3) is 0.267. The highest BCUT2D eigenvalue weighted by molar-refractivity contribution is 5.86. The minimum absolute atomic E-state index is 0.0316. The van der Waals surface area contributed by atoms with E-state index in [2.05, 4.69) is 5.32 Å². The van der Waals surface area contributed by atoms with Crippen molar-refractivity contribution < 1.29 is 18.7 Å². The second-order valence-electron chi connectivity index (χ2n) is 4.55. The minimum atomic E-state index is -1.07. The molecule has 0 atom stereocenters. The van der Waals surface area contributed by atoms with Gasteiger partial charge in [-0.3, -0.25) is 0 Å². The van der Waals surface area contributed by atoms with Gasteiger partial charge in [0.2, 0.25) is 5.76 Å². The van der Waals surface area contributed by atoms with Gasteiger partial charge in [0.1, 0.15) is 11.6 Å². The van der Waals surface area contributed by atoms with Gasteiger partial charge >= 0.3 is 5.97 Å². The molecule has 0 amide bonds. The monoisotopic (exact) mass is 277 g/mol. The Kier molecular flexibility index (Phi) is 4.53. The fourth-order valence-electron chi connectivity index (χ4n) is 1.98. The number of nitrogens with one attached hydrogen (secondary N) is 1. The lowest BCUT2D eigenvalue weighted by atomic mass is 10.1. The van der Waals surface area contributed by atoms with Crippen molar-refractivity contribution in [2.45, 2.75) is 19.9 Å². The van der Waals surface area contributed by atoms with Crippen molar-refractivity contribution in [1.29, 1.82) is 0 Å². The molecule has 0 saturated carbocycles. The van der Waals surface area contributed by atoms with Crippen molar-refractivity contribution in [2.24, 2.45) is 0 Å². The van der Waals surface area contributed by atoms with E-state index in [1.165, 1.54) is 6.07 Å². The summed E-state index contributed by atoms with van der Waals surface area (Å²) >= 11 is 0. The largest absolute Gasteiger partial charge is 0.475 e. The number of rotatable bonds is 6. The van der Waals surface area contributed by atoms with E-state index in [0.717, 1.165) is 0 Å². The molecule has 4 nitrogen and oxygen atoms in total. The second kappa shape index (κ2) is 6.34. The quantitative estimate of drug-likeness (QED) is 0.797. The number of carbonyl (C=O) groups is 1. The number of furan rings is 1. The van der Waals surface area contributed by atoms with Crippen LogP contribution in [0, 0.1) is 12.7 Å². The molecule has 0 aliphatic rings. The highest BCUT2D eigenvalue weighted by Crippen LogP contribution is 2.14. The van der Waals surface area contributed by atoms with Gasteiger partial charge < -0.3 is 14.8 Å². The molecule has 2 rings (SSSR count). The van der Waals surface area contributed by atoms with Crippen LogP contribution in [0.25, 0.3) is 0 Å². The van der Waals surface area contributed by atoms with E-state index < -0.39 is 5.97 Å². The molecule has 2 aromatic rings. The number of carboxylic acids is 1. The summed E-state index contributed by atoms with van der Waals surface area (Å²) in [6.07, 6.45) is 0.568. The van der Waals surface area contributed by atoms with Gasteiger partial charge in [0.15, 0.2) is 0 Å². The van der Waals surface area contributed by atoms with Gasteiger partial charge in [-0.05, 0) is 37.6 Å². The van der Waals surface area contributed by atoms with Gasteiger partial charge in [0.05, 0.1) is 6.54 Å². The molecule has 1 heterocycles. The summed E-state index contributed by atoms with van der Waals surface area (Å²) in [5.41, 5.74) is 1.25. The lowest BCUT2D eigenvalue weighted by molar-refractivity contribution is 0.0659. The van der Waals surface area contributed by atoms with Gasteiger partial charge in [-0.25, -0.2) is 9.18 Å². The number of halogens is 1. The van der Waals surface area contributed by atoms with Crippen molar-refractivity contribution in [3.63, 3.8) is 0 Å². The Morgan fingerprint density at radius 2 is 2.15 bits per heavy atom. The summed E-state index contributed by atoms with van der Waals surface area (Å²) < 4.78 is 18.6. The Morgan fingerprint density at radius 3 is 2.80 bits per heavy atom. The van der Waals surface area contributed by atoms with Crippen LogP contribution in [0.3, 0.4) is 0 Å². The smallest absolute Gasteiger partial charge is 0.372 e. The molecule has 5 heteroatoms. The van der Waals surface area contributed by atoms with Crippen molar-refractivity contribution in [3.05, 3.63) is 58.8 Å². The predicted molar refractivity (Wildman–Crippen MR) is 72.2 cm³/mol. The zero-order chi connectivity index (χ0) is 14.5. The first-order valence-electron chi connectivity index (χ1n) is 6.34. The highest BCUT2D eigenvalue weighted by Gasteiger charge is 2.13. The van der Waals surface area contributed by atoms with E-state index in [-0.39, 0.29) is 11.6 Å². The van der Waals surface area contributed by atoms with Gasteiger partial charge in [0, 0.05) is 5.56 Å². The second-order valence-corrected chi connectivity index (χ2v) is 4.55. The molecule has 0 aliphatic carbocycles. The zero-order valence-electron chi connectivity index (χ0n) is 11.1. The molecule has 0 saturated heterocycles. The third kappa shape index (κ3) is 3.45. The average Bonchev–Trinajstić information content (AvgIpc) is 2.78. The molecular weight excluding hydrogens is 261 g/mol. The summed E-state index contributed by atoms with van der Waals surface area (Å²) in [6, 6.07) is 8.33. The Bertz CT molecular complexity index is 607. The SMILES string of the molecule is Cc1cc(CNCCc2ccccc2F)oc1C(=O)O. The normalized spacial score (nSPS) is 10.7. The Labute approximate surface area is 116 Å². The Hall–Kier alpha value is -2.14. The minimum Gasteiger partial charge on any atom is -0.475 e. The number of benzene rings is 1. The number of hydrogen-bond acceptors (Lipinski definition) is 3. The molecule has 1 aromatic heterocycles. The number of carboxylic acid groups (broad SMARTS) is 1. The first kappa shape index (κ1) is 14.3. The lowest BCUT2D eigenvalue weighted by Crippen LogP contribution is -2.16. The maximum atomic E-state index is 13.4. The molecule has 0 spiro atoms. The molecule has 0 unspecified atom stereocenters. The first-order chi connectivity index (χ1) is 9.58. The standard InChI is InChI=1S/C15H16FNO3/c1-10-8-12(20-14(10)15(18)19)9-17-7-6-11-4-2-3-5-13(11)16/h2-5,8,17H,6-7,9H2,1H3,(H,18,19). The van der Waals surface area contributed by atoms with Crippen LogP contribution < -0.4 is 5.32 Å². The molecule has 0 bridgehead atoms. The molecule has 0 fully saturated rings. The van der Waals surface area contributed by atoms with Crippen LogP contribution in [0.5, 0.6) is 0 Å². The van der Waals surface area contributed by atoms with E-state index in [4.69, 9.17) is 9.52 Å². The molecule has 20 heavy (non-hydrogen) atoms. The van der Waals surface area contributed by atoms with Crippen molar-refractivity contribution in [2.75, 3.05) is 6.54 Å². The molecular formula is C15H16FNO3. The van der Waals surface area contributed by atoms with Crippen LogP contribution in [-0.2, 0) is 13.0 Å². The summed E-state index contributed by atoms with van der Waals surface area (Å²) in [5.74, 6) is -0.749. The van der Waals surface area contributed by atoms with E-state index in [9.17, 15) is 9.18 Å². The predicted octanol–water partition coefficient (Wildman–Crippen LogP) is 2.76. The summed E-state index contributed by atoms with van der Waals surface area (Å²) in [7, 11) is 0. The molecule has 106 valence electrons. The van der Waals surface area contributed by atoms with E-state index >= 15 is 0 Å². The maximum Gasteiger partial charge on any atom is 0.372 e. The summed E-state index contributed by atoms with van der Waals surface area (Å²) in [5, 5.41) is 12.0. The first-order valence-corrected chi connectivity index (χ1v) is 6.34. The van der Waals surface area contributed by atoms with Gasteiger partial charge in [-0.1, -0.05) is 18.2 Å². The average molecular weight is 277 g/mol. The third-order valence-electron chi connectivity index (χ3n) is 2.99. The van der Waals surface area contributed by atoms with Gasteiger partial charge in [-0.2, -0.15) is 0 Å². The number of hydrogen-bond donors (Lipinski definition) is 2. The topological polar surface area (TPSA) is 62.5 Å². The molecule has 1 aromatic carbocycles. The number of aryl methyl sites for hydroxylation is 1. The zero-order valence-corrected chi connectivity index (χ0v) is 11.1. The third-order valence-corrected chi connectivity index (χ3v) is 2.99. The molecule has 0 radical (unpaired) electrons. The van der Waals surface area contributed by atoms with Crippen LogP contribution in [0.1, 0.15) is 27.4 Å². The van der Waals surface area contributed by atoms with Crippen LogP contribution in [0.2, 0.25) is 0 Å². The molecule has 0 aliphatic heterocycles. The Morgan fingerprint density at radius 1 is 1.40 bits per heavy atom.